The van der Waals surface area contributed by atoms with E-state index in [9.17, 15) is 9.59 Å². The van der Waals surface area contributed by atoms with Crippen LogP contribution in [-0.4, -0.2) is 39.8 Å². The van der Waals surface area contributed by atoms with Crippen LogP contribution in [0.5, 0.6) is 0 Å². The predicted molar refractivity (Wildman–Crippen MR) is 95.6 cm³/mol. The standard InChI is InChI=1S/C19H22N4O2/c1-13(2)11-23-12-15(8-17(23)24)19(25)22-16-9-20-18(21-10-16)14-6-4-3-5-7-14/h3-7,9-10,13,15H,8,11-12H2,1-2H3,(H,22,25). The maximum atomic E-state index is 12.4. The highest BCUT2D eigenvalue weighted by molar-refractivity contribution is 5.97. The van der Waals surface area contributed by atoms with Gasteiger partial charge in [0.2, 0.25) is 11.8 Å². The van der Waals surface area contributed by atoms with Gasteiger partial charge >= 0.3 is 0 Å². The van der Waals surface area contributed by atoms with E-state index in [2.05, 4.69) is 29.1 Å². The van der Waals surface area contributed by atoms with Crippen molar-refractivity contribution in [2.75, 3.05) is 18.4 Å². The molecule has 0 saturated carbocycles. The number of aromatic nitrogens is 2. The molecule has 3 rings (SSSR count). The maximum Gasteiger partial charge on any atom is 0.229 e. The molecule has 6 nitrogen and oxygen atoms in total. The number of nitrogens with one attached hydrogen (secondary N) is 1. The van der Waals surface area contributed by atoms with Gasteiger partial charge in [-0.25, -0.2) is 9.97 Å². The number of likely N-dealkylation sites (tertiary alicyclic amines) is 1. The summed E-state index contributed by atoms with van der Waals surface area (Å²) in [5.41, 5.74) is 1.46. The summed E-state index contributed by atoms with van der Waals surface area (Å²) in [6.07, 6.45) is 3.45. The van der Waals surface area contributed by atoms with Gasteiger partial charge in [-0.1, -0.05) is 44.2 Å². The molecule has 0 aliphatic carbocycles. The van der Waals surface area contributed by atoms with E-state index in [1.54, 1.807) is 17.3 Å². The molecule has 25 heavy (non-hydrogen) atoms. The molecule has 6 heteroatoms. The first-order valence-electron chi connectivity index (χ1n) is 8.49. The van der Waals surface area contributed by atoms with Gasteiger partial charge in [-0.2, -0.15) is 0 Å². The van der Waals surface area contributed by atoms with Gasteiger partial charge in [0.15, 0.2) is 5.82 Å². The highest BCUT2D eigenvalue weighted by Gasteiger charge is 2.34. The van der Waals surface area contributed by atoms with Crippen molar-refractivity contribution >= 4 is 17.5 Å². The smallest absolute Gasteiger partial charge is 0.229 e. The van der Waals surface area contributed by atoms with E-state index in [1.165, 1.54) is 0 Å². The Balaban J connectivity index is 1.61. The van der Waals surface area contributed by atoms with Crippen molar-refractivity contribution in [1.82, 2.24) is 14.9 Å². The van der Waals surface area contributed by atoms with E-state index >= 15 is 0 Å². The second kappa shape index (κ2) is 7.42. The van der Waals surface area contributed by atoms with Crippen LogP contribution in [-0.2, 0) is 9.59 Å². The predicted octanol–water partition coefficient (Wildman–Crippen LogP) is 2.59. The molecule has 2 amide bonds. The van der Waals surface area contributed by atoms with E-state index in [-0.39, 0.29) is 24.2 Å². The van der Waals surface area contributed by atoms with Crippen LogP contribution >= 0.6 is 0 Å². The number of nitrogens with zero attached hydrogens (tertiary/aromatic N) is 3. The van der Waals surface area contributed by atoms with E-state index < -0.39 is 0 Å². The topological polar surface area (TPSA) is 75.2 Å². The molecule has 0 bridgehead atoms. The zero-order chi connectivity index (χ0) is 17.8. The first-order valence-corrected chi connectivity index (χ1v) is 8.49. The summed E-state index contributed by atoms with van der Waals surface area (Å²) in [5, 5.41) is 2.81. The maximum absolute atomic E-state index is 12.4. The molecule has 1 atom stereocenters. The molecule has 1 saturated heterocycles. The molecule has 1 aliphatic heterocycles. The molecule has 1 N–H and O–H groups in total. The van der Waals surface area contributed by atoms with Gasteiger partial charge in [0, 0.05) is 25.1 Å². The summed E-state index contributed by atoms with van der Waals surface area (Å²) in [5.74, 6) is 0.572. The van der Waals surface area contributed by atoms with Crippen LogP contribution in [0.15, 0.2) is 42.7 Å². The van der Waals surface area contributed by atoms with Gasteiger partial charge in [-0.05, 0) is 5.92 Å². The lowest BCUT2D eigenvalue weighted by molar-refractivity contribution is -0.128. The molecular weight excluding hydrogens is 316 g/mol. The van der Waals surface area contributed by atoms with E-state index in [1.807, 2.05) is 30.3 Å². The van der Waals surface area contributed by atoms with Crippen molar-refractivity contribution in [2.45, 2.75) is 20.3 Å². The van der Waals surface area contributed by atoms with Gasteiger partial charge in [-0.15, -0.1) is 0 Å². The average molecular weight is 338 g/mol. The van der Waals surface area contributed by atoms with Crippen LogP contribution in [0.25, 0.3) is 11.4 Å². The largest absolute Gasteiger partial charge is 0.342 e. The normalized spacial score (nSPS) is 17.2. The number of amides is 2. The Kier molecular flexibility index (Phi) is 5.07. The third kappa shape index (κ3) is 4.21. The van der Waals surface area contributed by atoms with Crippen molar-refractivity contribution in [2.24, 2.45) is 11.8 Å². The molecule has 2 heterocycles. The summed E-state index contributed by atoms with van der Waals surface area (Å²) < 4.78 is 0. The van der Waals surface area contributed by atoms with Crippen molar-refractivity contribution < 1.29 is 9.59 Å². The van der Waals surface area contributed by atoms with Crippen molar-refractivity contribution in [3.63, 3.8) is 0 Å². The van der Waals surface area contributed by atoms with Crippen LogP contribution in [0.3, 0.4) is 0 Å². The quantitative estimate of drug-likeness (QED) is 0.909. The molecule has 1 aromatic carbocycles. The van der Waals surface area contributed by atoms with Crippen molar-refractivity contribution in [3.05, 3.63) is 42.7 Å². The number of hydrogen-bond acceptors (Lipinski definition) is 4. The summed E-state index contributed by atoms with van der Waals surface area (Å²) in [6, 6.07) is 9.65. The Morgan fingerprint density at radius 2 is 1.92 bits per heavy atom. The molecule has 0 spiro atoms. The zero-order valence-corrected chi connectivity index (χ0v) is 14.5. The Morgan fingerprint density at radius 1 is 1.24 bits per heavy atom. The Hall–Kier alpha value is -2.76. The van der Waals surface area contributed by atoms with Crippen LogP contribution < -0.4 is 5.32 Å². The summed E-state index contributed by atoms with van der Waals surface area (Å²) >= 11 is 0. The Labute approximate surface area is 147 Å². The van der Waals surface area contributed by atoms with Crippen LogP contribution in [0.1, 0.15) is 20.3 Å². The summed E-state index contributed by atoms with van der Waals surface area (Å²) in [4.78, 5) is 34.8. The molecular formula is C19H22N4O2. The summed E-state index contributed by atoms with van der Waals surface area (Å²) in [7, 11) is 0. The Morgan fingerprint density at radius 3 is 2.56 bits per heavy atom. The average Bonchev–Trinajstić information content (AvgIpc) is 2.96. The van der Waals surface area contributed by atoms with Gasteiger partial charge < -0.3 is 10.2 Å². The van der Waals surface area contributed by atoms with E-state index in [0.29, 0.717) is 30.5 Å². The monoisotopic (exact) mass is 338 g/mol. The van der Waals surface area contributed by atoms with Gasteiger partial charge in [0.25, 0.3) is 0 Å². The highest BCUT2D eigenvalue weighted by Crippen LogP contribution is 2.21. The lowest BCUT2D eigenvalue weighted by atomic mass is 10.1. The van der Waals surface area contributed by atoms with Crippen molar-refractivity contribution in [1.29, 1.82) is 0 Å². The minimum atomic E-state index is -0.319. The fourth-order valence-electron chi connectivity index (χ4n) is 2.94. The minimum Gasteiger partial charge on any atom is -0.342 e. The van der Waals surface area contributed by atoms with Crippen LogP contribution in [0.2, 0.25) is 0 Å². The molecule has 0 radical (unpaired) electrons. The SMILES string of the molecule is CC(C)CN1CC(C(=O)Nc2cnc(-c3ccccc3)nc2)CC1=O. The number of rotatable bonds is 5. The molecule has 1 unspecified atom stereocenters. The molecule has 1 aliphatic rings. The van der Waals surface area contributed by atoms with Gasteiger partial charge in [-0.3, -0.25) is 9.59 Å². The van der Waals surface area contributed by atoms with Crippen molar-refractivity contribution in [3.8, 4) is 11.4 Å². The lowest BCUT2D eigenvalue weighted by Crippen LogP contribution is -2.31. The molecule has 130 valence electrons. The van der Waals surface area contributed by atoms with E-state index in [0.717, 1.165) is 5.56 Å². The molecule has 1 fully saturated rings. The minimum absolute atomic E-state index is 0.0459. The zero-order valence-electron chi connectivity index (χ0n) is 14.5. The first-order chi connectivity index (χ1) is 12.0. The van der Waals surface area contributed by atoms with Crippen LogP contribution in [0, 0.1) is 11.8 Å². The highest BCUT2D eigenvalue weighted by atomic mass is 16.2. The summed E-state index contributed by atoms with van der Waals surface area (Å²) in [6.45, 7) is 5.29. The second-order valence-corrected chi connectivity index (χ2v) is 6.74. The lowest BCUT2D eigenvalue weighted by Gasteiger charge is -2.18. The number of benzene rings is 1. The fourth-order valence-corrected chi connectivity index (χ4v) is 2.94. The fraction of sp³-hybridized carbons (Fsp3) is 0.368. The second-order valence-electron chi connectivity index (χ2n) is 6.74. The number of hydrogen-bond donors (Lipinski definition) is 1. The van der Waals surface area contributed by atoms with E-state index in [4.69, 9.17) is 0 Å². The molecule has 1 aromatic heterocycles. The number of carbonyl (C=O) groups is 2. The third-order valence-corrected chi connectivity index (χ3v) is 4.12. The number of carbonyl (C=O) groups excluding carboxylic acids is 2. The van der Waals surface area contributed by atoms with Gasteiger partial charge in [0.05, 0.1) is 24.0 Å². The first kappa shape index (κ1) is 17.1. The van der Waals surface area contributed by atoms with Gasteiger partial charge in [0.1, 0.15) is 0 Å². The molecule has 2 aromatic rings. The Bertz CT molecular complexity index is 744. The number of anilines is 1. The third-order valence-electron chi connectivity index (χ3n) is 4.12. The van der Waals surface area contributed by atoms with Crippen LogP contribution in [0.4, 0.5) is 5.69 Å².